The third-order valence-corrected chi connectivity index (χ3v) is 9.07. The molecule has 0 aromatic heterocycles. The van der Waals surface area contributed by atoms with Crippen LogP contribution in [0.2, 0.25) is 0 Å². The molecule has 54 heavy (non-hydrogen) atoms. The monoisotopic (exact) mass is 745 g/mol. The average Bonchev–Trinajstić information content (AvgIpc) is 3.24. The molecular weight excluding hydrogens is 689 g/mol. The maximum absolute atomic E-state index is 11.8. The topological polar surface area (TPSA) is 69.7 Å². The quantitative estimate of drug-likeness (QED) is 0.0804. The van der Waals surface area contributed by atoms with Gasteiger partial charge in [-0.1, -0.05) is 172 Å². The number of thiol groups is 1. The Kier molecular flexibility index (Phi) is 23.3. The Morgan fingerprint density at radius 1 is 0.648 bits per heavy atom. The average molecular weight is 746 g/mol. The lowest BCUT2D eigenvalue weighted by atomic mass is 9.91. The molecule has 0 aliphatic heterocycles. The highest BCUT2D eigenvalue weighted by atomic mass is 32.1. The first-order valence-corrected chi connectivity index (χ1v) is 19.4. The van der Waals surface area contributed by atoms with E-state index in [-0.39, 0.29) is 11.9 Å². The number of carbonyl (C=O) groups excluding carboxylic acids is 3. The number of hydrogen-bond donors (Lipinski definition) is 1. The number of benzene rings is 5. The zero-order valence-electron chi connectivity index (χ0n) is 32.4. The van der Waals surface area contributed by atoms with Gasteiger partial charge in [0.2, 0.25) is 6.29 Å². The lowest BCUT2D eigenvalue weighted by Crippen LogP contribution is -2.35. The fraction of sp³-hybridized carbons (Fsp3) is 0.312. The zero-order valence-corrected chi connectivity index (χ0v) is 33.3. The molecule has 6 heteroatoms. The molecule has 5 rings (SSSR count). The summed E-state index contributed by atoms with van der Waals surface area (Å²) in [6, 6.07) is 49.6. The van der Waals surface area contributed by atoms with Gasteiger partial charge >= 0.3 is 5.97 Å². The van der Waals surface area contributed by atoms with Gasteiger partial charge in [-0.3, -0.25) is 14.4 Å². The van der Waals surface area contributed by atoms with Crippen LogP contribution in [0, 0.1) is 5.92 Å². The van der Waals surface area contributed by atoms with Crippen LogP contribution >= 0.6 is 12.6 Å². The Balaban J connectivity index is 0.000000256. The predicted octanol–water partition coefficient (Wildman–Crippen LogP) is 10.8. The summed E-state index contributed by atoms with van der Waals surface area (Å²) in [6.07, 6.45) is 7.09. The molecular formula is C48H57O5S. The fourth-order valence-electron chi connectivity index (χ4n) is 5.39. The van der Waals surface area contributed by atoms with Gasteiger partial charge in [0.25, 0.3) is 0 Å². The van der Waals surface area contributed by atoms with Gasteiger partial charge in [-0.15, -0.1) is 0 Å². The normalized spacial score (nSPS) is 11.7. The molecule has 0 spiro atoms. The summed E-state index contributed by atoms with van der Waals surface area (Å²) in [5, 5.41) is 0. The molecule has 0 aliphatic carbocycles. The van der Waals surface area contributed by atoms with E-state index in [9.17, 15) is 14.4 Å². The lowest BCUT2D eigenvalue weighted by molar-refractivity contribution is -0.144. The van der Waals surface area contributed by atoms with Crippen molar-refractivity contribution in [3.05, 3.63) is 179 Å². The smallest absolute Gasteiger partial charge is 0.310 e. The first-order chi connectivity index (χ1) is 26.3. The lowest BCUT2D eigenvalue weighted by Gasteiger charge is -2.23. The van der Waals surface area contributed by atoms with Gasteiger partial charge in [-0.25, -0.2) is 0 Å². The maximum Gasteiger partial charge on any atom is 0.310 e. The molecule has 5 nitrogen and oxygen atoms in total. The highest BCUT2D eigenvalue weighted by Gasteiger charge is 2.28. The number of ether oxygens (including phenoxy) is 2. The Hall–Kier alpha value is -4.78. The third kappa shape index (κ3) is 18.8. The van der Waals surface area contributed by atoms with Crippen molar-refractivity contribution in [3.63, 3.8) is 0 Å². The second-order valence-electron chi connectivity index (χ2n) is 12.8. The minimum absolute atomic E-state index is 0.194. The van der Waals surface area contributed by atoms with Crippen LogP contribution in [0.5, 0.6) is 0 Å². The van der Waals surface area contributed by atoms with Gasteiger partial charge in [0, 0.05) is 31.6 Å². The number of methoxy groups -OCH3 is 1. The van der Waals surface area contributed by atoms with Crippen molar-refractivity contribution in [2.75, 3.05) is 7.11 Å². The molecule has 2 unspecified atom stereocenters. The molecule has 5 aromatic carbocycles. The summed E-state index contributed by atoms with van der Waals surface area (Å²) in [4.78, 5) is 34.2. The molecule has 0 saturated heterocycles. The van der Waals surface area contributed by atoms with Gasteiger partial charge in [0.05, 0.1) is 6.42 Å². The van der Waals surface area contributed by atoms with Crippen LogP contribution in [0.4, 0.5) is 0 Å². The van der Waals surface area contributed by atoms with Crippen LogP contribution in [-0.2, 0) is 55.5 Å². The highest BCUT2D eigenvalue weighted by molar-refractivity contribution is 7.79. The van der Waals surface area contributed by atoms with E-state index in [1.54, 1.807) is 7.11 Å². The van der Waals surface area contributed by atoms with Crippen molar-refractivity contribution in [2.24, 2.45) is 5.92 Å². The summed E-state index contributed by atoms with van der Waals surface area (Å²) in [5.41, 5.74) is 4.85. The van der Waals surface area contributed by atoms with Gasteiger partial charge in [0.1, 0.15) is 18.0 Å². The van der Waals surface area contributed by atoms with Gasteiger partial charge in [0.15, 0.2) is 0 Å². The molecule has 0 aliphatic rings. The molecule has 0 N–H and O–H groups in total. The van der Waals surface area contributed by atoms with Crippen molar-refractivity contribution >= 4 is 30.7 Å². The summed E-state index contributed by atoms with van der Waals surface area (Å²) in [5.74, 6) is 1.28. The summed E-state index contributed by atoms with van der Waals surface area (Å²) < 4.78 is 10.4. The second-order valence-corrected chi connectivity index (χ2v) is 13.1. The molecule has 0 bridgehead atoms. The van der Waals surface area contributed by atoms with Gasteiger partial charge < -0.3 is 9.47 Å². The van der Waals surface area contributed by atoms with Crippen LogP contribution < -0.4 is 0 Å². The maximum atomic E-state index is 11.8. The molecule has 1 radical (unpaired) electrons. The van der Waals surface area contributed by atoms with E-state index >= 15 is 0 Å². The Morgan fingerprint density at radius 2 is 1.09 bits per heavy atom. The van der Waals surface area contributed by atoms with Crippen molar-refractivity contribution < 1.29 is 23.9 Å². The first kappa shape index (κ1) is 45.4. The van der Waals surface area contributed by atoms with Crippen LogP contribution in [0.15, 0.2) is 152 Å². The van der Waals surface area contributed by atoms with Gasteiger partial charge in [-0.2, -0.15) is 12.6 Å². The van der Waals surface area contributed by atoms with E-state index in [4.69, 9.17) is 9.47 Å². The van der Waals surface area contributed by atoms with E-state index in [0.717, 1.165) is 48.1 Å². The number of rotatable bonds is 16. The van der Waals surface area contributed by atoms with Crippen molar-refractivity contribution in [1.29, 1.82) is 0 Å². The summed E-state index contributed by atoms with van der Waals surface area (Å²) in [6.45, 7) is 6.43. The van der Waals surface area contributed by atoms with Crippen LogP contribution in [0.25, 0.3) is 0 Å². The summed E-state index contributed by atoms with van der Waals surface area (Å²) in [7, 11) is 1.55. The molecule has 0 amide bonds. The number of esters is 1. The first-order valence-electron chi connectivity index (χ1n) is 18.7. The summed E-state index contributed by atoms with van der Waals surface area (Å²) >= 11 is 4.11. The molecule has 5 aromatic rings. The van der Waals surface area contributed by atoms with E-state index in [0.29, 0.717) is 31.7 Å². The number of Topliss-reactive ketones (excluding diaryl/α,β-unsaturated/α-hetero) is 1. The van der Waals surface area contributed by atoms with E-state index in [1.807, 2.05) is 141 Å². The van der Waals surface area contributed by atoms with E-state index in [1.165, 1.54) is 11.1 Å². The van der Waals surface area contributed by atoms with Crippen molar-refractivity contribution in [1.82, 2.24) is 0 Å². The molecule has 0 heterocycles. The SMILES string of the molecule is CCC([C]=O)(Cc1ccccc1)OC.CCCC(=O)C(CC)Cc1ccccc1.O=C(Cc1ccccc1)OCc1ccccc1.SCc1ccccc1. The molecule has 0 saturated carbocycles. The predicted molar refractivity (Wildman–Crippen MR) is 225 cm³/mol. The van der Waals surface area contributed by atoms with E-state index in [2.05, 4.69) is 50.7 Å². The Bertz CT molecular complexity index is 1680. The molecule has 285 valence electrons. The second kappa shape index (κ2) is 27.8. The number of hydrogen-bond acceptors (Lipinski definition) is 6. The van der Waals surface area contributed by atoms with Gasteiger partial charge in [-0.05, 0) is 53.5 Å². The van der Waals surface area contributed by atoms with Crippen LogP contribution in [0.3, 0.4) is 0 Å². The minimum atomic E-state index is -0.776. The fourth-order valence-corrected chi connectivity index (χ4v) is 5.60. The standard InChI is InChI=1S/C15H14O2.C14H20O.C12H15O2.C7H8S/c16-15(11-13-7-3-1-4-8-13)17-12-14-9-5-2-6-10-14;1-3-8-14(15)13(4-2)11-12-9-6-5-7-10-12;1-3-12(10-13,14-2)9-11-7-5-4-6-8-11;8-6-7-4-2-1-3-5-7/h1-10H,11-12H2;5-7,9-10,13H,3-4,8,11H2,1-2H3;4-8H,3,9H2,1-2H3;1-5,8H,6H2. The largest absolute Gasteiger partial charge is 0.461 e. The van der Waals surface area contributed by atoms with Crippen molar-refractivity contribution in [3.8, 4) is 0 Å². The van der Waals surface area contributed by atoms with Crippen LogP contribution in [-0.4, -0.2) is 30.7 Å². The third-order valence-electron chi connectivity index (χ3n) is 8.71. The van der Waals surface area contributed by atoms with E-state index < -0.39 is 5.60 Å². The van der Waals surface area contributed by atoms with Crippen LogP contribution in [0.1, 0.15) is 74.3 Å². The Morgan fingerprint density at radius 3 is 1.48 bits per heavy atom. The number of carbonyl (C=O) groups is 2. The minimum Gasteiger partial charge on any atom is -0.461 e. The van der Waals surface area contributed by atoms with Crippen molar-refractivity contribution in [2.45, 2.75) is 83.7 Å². The number of ketones is 1. The highest BCUT2D eigenvalue weighted by Crippen LogP contribution is 2.19. The zero-order chi connectivity index (χ0) is 39.3. The molecule has 0 fully saturated rings. The molecule has 2 atom stereocenters. The Labute approximate surface area is 329 Å².